The van der Waals surface area contributed by atoms with Crippen molar-refractivity contribution in [3.8, 4) is 0 Å². The molecule has 0 aromatic heterocycles. The van der Waals surface area contributed by atoms with Gasteiger partial charge in [0.15, 0.2) is 12.2 Å². The molecule has 0 aromatic rings. The van der Waals surface area contributed by atoms with Crippen molar-refractivity contribution < 1.29 is 34.7 Å². The van der Waals surface area contributed by atoms with Crippen LogP contribution >= 0.6 is 0 Å². The molecule has 1 amide bonds. The lowest BCUT2D eigenvalue weighted by Crippen LogP contribution is -2.67. The highest BCUT2D eigenvalue weighted by Crippen LogP contribution is 2.27. The predicted molar refractivity (Wildman–Crippen MR) is 117 cm³/mol. The van der Waals surface area contributed by atoms with E-state index in [2.05, 4.69) is 10.3 Å². The van der Waals surface area contributed by atoms with E-state index < -0.39 is 73.0 Å². The van der Waals surface area contributed by atoms with Crippen molar-refractivity contribution in [2.75, 3.05) is 13.1 Å². The molecule has 1 aliphatic heterocycles. The fourth-order valence-electron chi connectivity index (χ4n) is 3.85. The monoisotopic (exact) mass is 478 g/mol. The van der Waals surface area contributed by atoms with Gasteiger partial charge in [-0.05, 0) is 19.3 Å². The van der Waals surface area contributed by atoms with E-state index in [1.54, 1.807) is 0 Å². The summed E-state index contributed by atoms with van der Waals surface area (Å²) in [6.45, 7) is 0.129. The topological polar surface area (TPSA) is 297 Å². The third-order valence-electron chi connectivity index (χ3n) is 5.91. The zero-order chi connectivity index (χ0) is 24.9. The van der Waals surface area contributed by atoms with Crippen LogP contribution in [0, 0.1) is 0 Å². The zero-order valence-electron chi connectivity index (χ0n) is 18.3. The lowest BCUT2D eigenvalue weighted by molar-refractivity contribution is -0.288. The van der Waals surface area contributed by atoms with Crippen molar-refractivity contribution in [3.63, 3.8) is 0 Å². The minimum atomic E-state index is -1.46. The summed E-state index contributed by atoms with van der Waals surface area (Å²) >= 11 is 0. The average molecular weight is 479 g/mol. The minimum absolute atomic E-state index is 0.0518. The summed E-state index contributed by atoms with van der Waals surface area (Å²) in [5.74, 6) is -0.553. The van der Waals surface area contributed by atoms with Crippen molar-refractivity contribution in [2.45, 2.75) is 86.3 Å². The molecule has 192 valence electrons. The molecule has 33 heavy (non-hydrogen) atoms. The maximum Gasteiger partial charge on any atom is 0.237 e. The molecule has 1 saturated carbocycles. The Morgan fingerprint density at radius 2 is 1.73 bits per heavy atom. The van der Waals surface area contributed by atoms with Gasteiger partial charge >= 0.3 is 0 Å². The quantitative estimate of drug-likeness (QED) is 0.0835. The molecule has 2 rings (SSSR count). The van der Waals surface area contributed by atoms with Gasteiger partial charge in [-0.1, -0.05) is 0 Å². The number of ether oxygens (including phenoxy) is 2. The molecule has 0 bridgehead atoms. The fourth-order valence-corrected chi connectivity index (χ4v) is 3.85. The second-order valence-corrected chi connectivity index (χ2v) is 8.55. The Hall–Kier alpha value is -1.66. The molecular formula is C18H38N8O7. The normalized spacial score (nSPS) is 40.1. The average Bonchev–Trinajstić information content (AvgIpc) is 2.76. The van der Waals surface area contributed by atoms with Gasteiger partial charge in [-0.3, -0.25) is 9.79 Å². The number of nitrogens with zero attached hydrogens (tertiary/aromatic N) is 1. The first kappa shape index (κ1) is 27.6. The van der Waals surface area contributed by atoms with Crippen LogP contribution in [0.25, 0.3) is 0 Å². The zero-order valence-corrected chi connectivity index (χ0v) is 18.3. The standard InChI is InChI=1S/C18H38N8O7/c19-6(2-1-3-25-18(23)24)16(31)26-5-9-12(28)13(29)10(22)17(32-9)33-15-8(21)4-7(20)11(27)14(15)30/h6-15,17,27-30H,1-5,19-22H2,(H,26,31)(H4,23,24,25)/t6?,7-,8+,9-,10-,11+,12-,13-,14-,15-,17-/m1/s1. The molecule has 2 fully saturated rings. The molecule has 0 aromatic carbocycles. The summed E-state index contributed by atoms with van der Waals surface area (Å²) in [6, 6.07) is -3.49. The molecule has 1 unspecified atom stereocenters. The van der Waals surface area contributed by atoms with Crippen LogP contribution in [-0.2, 0) is 14.3 Å². The van der Waals surface area contributed by atoms with Crippen LogP contribution in [0.3, 0.4) is 0 Å². The summed E-state index contributed by atoms with van der Waals surface area (Å²) in [6.07, 6.45) is -8.03. The molecule has 1 heterocycles. The predicted octanol–water partition coefficient (Wildman–Crippen LogP) is -6.58. The van der Waals surface area contributed by atoms with E-state index in [1.807, 2.05) is 0 Å². The number of amides is 1. The first-order valence-corrected chi connectivity index (χ1v) is 10.8. The summed E-state index contributed by atoms with van der Waals surface area (Å²) < 4.78 is 11.4. The van der Waals surface area contributed by atoms with Crippen LogP contribution in [0.15, 0.2) is 4.99 Å². The minimum Gasteiger partial charge on any atom is -0.389 e. The van der Waals surface area contributed by atoms with Crippen LogP contribution in [0.1, 0.15) is 19.3 Å². The molecule has 2 aliphatic rings. The van der Waals surface area contributed by atoms with Gasteiger partial charge in [0.1, 0.15) is 30.5 Å². The SMILES string of the molecule is NC(N)=NCCCC(N)C(=O)NC[C@H]1O[C@H](O[C@H]2[C@H](O)[C@@H](O)[C@H](N)C[C@@H]2N)[C@H](N)[C@@H](O)[C@@H]1O. The van der Waals surface area contributed by atoms with Crippen molar-refractivity contribution in [1.29, 1.82) is 0 Å². The Morgan fingerprint density at radius 1 is 1.06 bits per heavy atom. The molecule has 1 saturated heterocycles. The second-order valence-electron chi connectivity index (χ2n) is 8.55. The van der Waals surface area contributed by atoms with Crippen molar-refractivity contribution >= 4 is 11.9 Å². The van der Waals surface area contributed by atoms with Crippen molar-refractivity contribution in [3.05, 3.63) is 0 Å². The van der Waals surface area contributed by atoms with Crippen LogP contribution < -0.4 is 39.7 Å². The summed E-state index contributed by atoms with van der Waals surface area (Å²) in [7, 11) is 0. The Morgan fingerprint density at radius 3 is 2.36 bits per heavy atom. The van der Waals surface area contributed by atoms with E-state index in [0.29, 0.717) is 19.4 Å². The lowest BCUT2D eigenvalue weighted by atomic mass is 9.84. The van der Waals surface area contributed by atoms with E-state index in [1.165, 1.54) is 0 Å². The van der Waals surface area contributed by atoms with Crippen LogP contribution in [-0.4, -0.2) is 112 Å². The summed E-state index contributed by atoms with van der Waals surface area (Å²) in [5.41, 5.74) is 34.0. The molecule has 15 heteroatoms. The third kappa shape index (κ3) is 7.16. The number of aliphatic hydroxyl groups excluding tert-OH is 4. The highest BCUT2D eigenvalue weighted by atomic mass is 16.7. The van der Waals surface area contributed by atoms with E-state index in [9.17, 15) is 25.2 Å². The fraction of sp³-hybridized carbons (Fsp3) is 0.889. The van der Waals surface area contributed by atoms with Crippen molar-refractivity contribution in [2.24, 2.45) is 39.4 Å². The molecule has 15 nitrogen and oxygen atoms in total. The number of aliphatic imine (C=N–C) groups is 1. The van der Waals surface area contributed by atoms with Crippen molar-refractivity contribution in [1.82, 2.24) is 5.32 Å². The Bertz CT molecular complexity index is 670. The largest absolute Gasteiger partial charge is 0.389 e. The van der Waals surface area contributed by atoms with E-state index in [-0.39, 0.29) is 18.9 Å². The smallest absolute Gasteiger partial charge is 0.237 e. The van der Waals surface area contributed by atoms with E-state index in [4.69, 9.17) is 43.9 Å². The summed E-state index contributed by atoms with van der Waals surface area (Å²) in [5, 5.41) is 43.5. The number of nitrogens with two attached hydrogens (primary N) is 6. The first-order valence-electron chi connectivity index (χ1n) is 10.8. The Balaban J connectivity index is 1.93. The lowest BCUT2D eigenvalue weighted by Gasteiger charge is -2.45. The van der Waals surface area contributed by atoms with Gasteiger partial charge in [0.2, 0.25) is 5.91 Å². The number of carbonyl (C=O) groups excluding carboxylic acids is 1. The highest BCUT2D eigenvalue weighted by Gasteiger charge is 2.48. The highest BCUT2D eigenvalue weighted by molar-refractivity contribution is 5.81. The number of hydrogen-bond donors (Lipinski definition) is 11. The van der Waals surface area contributed by atoms with Gasteiger partial charge in [0.05, 0.1) is 18.2 Å². The third-order valence-corrected chi connectivity index (χ3v) is 5.91. The molecule has 0 radical (unpaired) electrons. The Kier molecular flexibility index (Phi) is 10.2. The van der Waals surface area contributed by atoms with Gasteiger partial charge in [-0.25, -0.2) is 0 Å². The van der Waals surface area contributed by atoms with Crippen LogP contribution in [0.5, 0.6) is 0 Å². The molecular weight excluding hydrogens is 440 g/mol. The maximum absolute atomic E-state index is 12.3. The number of aliphatic hydroxyl groups is 4. The van der Waals surface area contributed by atoms with Gasteiger partial charge in [0.25, 0.3) is 0 Å². The molecule has 0 spiro atoms. The van der Waals surface area contributed by atoms with Gasteiger partial charge in [-0.2, -0.15) is 0 Å². The van der Waals surface area contributed by atoms with Gasteiger partial charge < -0.3 is 69.6 Å². The van der Waals surface area contributed by atoms with E-state index >= 15 is 0 Å². The second kappa shape index (κ2) is 12.2. The number of rotatable bonds is 9. The van der Waals surface area contributed by atoms with Gasteiger partial charge in [-0.15, -0.1) is 0 Å². The van der Waals surface area contributed by atoms with Crippen LogP contribution in [0.4, 0.5) is 0 Å². The molecule has 1 aliphatic carbocycles. The van der Waals surface area contributed by atoms with Crippen LogP contribution in [0.2, 0.25) is 0 Å². The Labute approximate surface area is 191 Å². The van der Waals surface area contributed by atoms with Gasteiger partial charge in [0, 0.05) is 25.2 Å². The van der Waals surface area contributed by atoms with E-state index in [0.717, 1.165) is 0 Å². The number of guanidine groups is 1. The maximum atomic E-state index is 12.3. The number of nitrogens with one attached hydrogen (secondary N) is 1. The first-order chi connectivity index (χ1) is 15.4. The summed E-state index contributed by atoms with van der Waals surface area (Å²) in [4.78, 5) is 16.1. The molecule has 17 N–H and O–H groups in total. The molecule has 11 atom stereocenters. The number of carbonyl (C=O) groups is 1. The number of hydrogen-bond acceptors (Lipinski definition) is 12.